The molecular formula is C15H21ClN4O2S. The Kier molecular flexibility index (Phi) is 5.80. The molecule has 0 spiro atoms. The maximum Gasteiger partial charge on any atom is 0.243 e. The van der Waals surface area contributed by atoms with Gasteiger partial charge in [0.1, 0.15) is 4.90 Å². The van der Waals surface area contributed by atoms with Crippen molar-refractivity contribution < 1.29 is 8.42 Å². The topological polar surface area (TPSA) is 90.0 Å². The molecule has 1 aromatic heterocycles. The highest BCUT2D eigenvalue weighted by Crippen LogP contribution is 2.26. The van der Waals surface area contributed by atoms with E-state index in [-0.39, 0.29) is 29.3 Å². The number of hydrogen-bond acceptors (Lipinski definition) is 4. The van der Waals surface area contributed by atoms with Crippen LogP contribution in [-0.4, -0.2) is 30.8 Å². The van der Waals surface area contributed by atoms with E-state index >= 15 is 0 Å². The Labute approximate surface area is 142 Å². The zero-order valence-corrected chi connectivity index (χ0v) is 14.3. The molecule has 0 amide bonds. The van der Waals surface area contributed by atoms with Crippen LogP contribution in [0.3, 0.4) is 0 Å². The van der Waals surface area contributed by atoms with Crippen molar-refractivity contribution in [2.24, 2.45) is 11.7 Å². The summed E-state index contributed by atoms with van der Waals surface area (Å²) >= 11 is 0. The average molecular weight is 357 g/mol. The zero-order valence-electron chi connectivity index (χ0n) is 12.6. The molecule has 1 saturated carbocycles. The van der Waals surface area contributed by atoms with Gasteiger partial charge in [-0.3, -0.25) is 0 Å². The van der Waals surface area contributed by atoms with E-state index < -0.39 is 10.0 Å². The van der Waals surface area contributed by atoms with Gasteiger partial charge in [0.15, 0.2) is 0 Å². The number of hydrogen-bond donors (Lipinski definition) is 2. The number of benzene rings is 1. The predicted molar refractivity (Wildman–Crippen MR) is 91.3 cm³/mol. The highest BCUT2D eigenvalue weighted by molar-refractivity contribution is 7.89. The number of rotatable bonds is 5. The average Bonchev–Trinajstić information content (AvgIpc) is 3.17. The van der Waals surface area contributed by atoms with Crippen LogP contribution >= 0.6 is 12.4 Å². The third kappa shape index (κ3) is 3.92. The molecule has 8 heteroatoms. The Morgan fingerprint density at radius 2 is 2.00 bits per heavy atom. The first-order valence-electron chi connectivity index (χ1n) is 7.42. The summed E-state index contributed by atoms with van der Waals surface area (Å²) in [6.07, 6.45) is 5.74. The number of sulfonamides is 1. The van der Waals surface area contributed by atoms with E-state index in [1.165, 1.54) is 12.4 Å². The lowest BCUT2D eigenvalue weighted by Gasteiger charge is -2.18. The number of aromatic nitrogens is 2. The van der Waals surface area contributed by atoms with Gasteiger partial charge in [-0.25, -0.2) is 17.8 Å². The fourth-order valence-electron chi connectivity index (χ4n) is 2.91. The standard InChI is InChI=1S/C15H20N4O2S.ClH/c16-9-12-5-4-8-15(12)18-22(20,21)14-10-17-19(11-14)13-6-2-1-3-7-13;/h1-3,6-7,10-12,15,18H,4-5,8-9,16H2;1H. The van der Waals surface area contributed by atoms with Gasteiger partial charge in [-0.2, -0.15) is 5.10 Å². The Morgan fingerprint density at radius 3 is 2.70 bits per heavy atom. The molecule has 3 rings (SSSR count). The van der Waals surface area contributed by atoms with Gasteiger partial charge >= 0.3 is 0 Å². The fourth-order valence-corrected chi connectivity index (χ4v) is 4.18. The first kappa shape index (κ1) is 17.9. The van der Waals surface area contributed by atoms with Gasteiger partial charge in [0, 0.05) is 6.04 Å². The maximum atomic E-state index is 12.5. The number of para-hydroxylation sites is 1. The number of nitrogens with one attached hydrogen (secondary N) is 1. The molecule has 0 bridgehead atoms. The summed E-state index contributed by atoms with van der Waals surface area (Å²) in [4.78, 5) is 0.180. The van der Waals surface area contributed by atoms with E-state index in [1.54, 1.807) is 4.68 Å². The minimum Gasteiger partial charge on any atom is -0.330 e. The monoisotopic (exact) mass is 356 g/mol. The molecule has 0 saturated heterocycles. The Morgan fingerprint density at radius 1 is 1.26 bits per heavy atom. The van der Waals surface area contributed by atoms with Crippen LogP contribution in [0.25, 0.3) is 5.69 Å². The smallest absolute Gasteiger partial charge is 0.243 e. The van der Waals surface area contributed by atoms with E-state index in [4.69, 9.17) is 5.73 Å². The molecular weight excluding hydrogens is 336 g/mol. The minimum atomic E-state index is -3.56. The van der Waals surface area contributed by atoms with E-state index in [0.29, 0.717) is 6.54 Å². The molecule has 1 heterocycles. The second-order valence-electron chi connectivity index (χ2n) is 5.61. The maximum absolute atomic E-state index is 12.5. The molecule has 0 aliphatic heterocycles. The summed E-state index contributed by atoms with van der Waals surface area (Å²) < 4.78 is 29.3. The second-order valence-corrected chi connectivity index (χ2v) is 7.32. The summed E-state index contributed by atoms with van der Waals surface area (Å²) in [6.45, 7) is 0.510. The first-order valence-corrected chi connectivity index (χ1v) is 8.91. The van der Waals surface area contributed by atoms with Gasteiger partial charge in [-0.1, -0.05) is 24.6 Å². The predicted octanol–water partition coefficient (Wildman–Crippen LogP) is 1.70. The molecule has 2 aromatic rings. The lowest BCUT2D eigenvalue weighted by molar-refractivity contribution is 0.453. The van der Waals surface area contributed by atoms with Crippen molar-refractivity contribution in [2.75, 3.05) is 6.54 Å². The van der Waals surface area contributed by atoms with Crippen molar-refractivity contribution >= 4 is 22.4 Å². The number of nitrogens with zero attached hydrogens (tertiary/aromatic N) is 2. The molecule has 0 radical (unpaired) electrons. The summed E-state index contributed by atoms with van der Waals surface area (Å²) in [7, 11) is -3.56. The quantitative estimate of drug-likeness (QED) is 0.853. The number of nitrogens with two attached hydrogens (primary N) is 1. The zero-order chi connectivity index (χ0) is 15.6. The number of halogens is 1. The molecule has 3 N–H and O–H groups in total. The van der Waals surface area contributed by atoms with Crippen LogP contribution in [0, 0.1) is 5.92 Å². The Hall–Kier alpha value is -1.41. The molecule has 2 atom stereocenters. The SMILES string of the molecule is Cl.NCC1CCCC1NS(=O)(=O)c1cnn(-c2ccccc2)c1. The van der Waals surface area contributed by atoms with Crippen LogP contribution in [0.2, 0.25) is 0 Å². The second kappa shape index (κ2) is 7.44. The minimum absolute atomic E-state index is 0. The van der Waals surface area contributed by atoms with Crippen LogP contribution in [0.4, 0.5) is 0 Å². The van der Waals surface area contributed by atoms with Gasteiger partial charge in [-0.15, -0.1) is 12.4 Å². The summed E-state index contributed by atoms with van der Waals surface area (Å²) in [6, 6.07) is 9.34. The largest absolute Gasteiger partial charge is 0.330 e. The highest BCUT2D eigenvalue weighted by atomic mass is 35.5. The van der Waals surface area contributed by atoms with Gasteiger partial charge in [0.2, 0.25) is 10.0 Å². The molecule has 1 aromatic carbocycles. The van der Waals surface area contributed by atoms with Crippen LogP contribution in [-0.2, 0) is 10.0 Å². The summed E-state index contributed by atoms with van der Waals surface area (Å²) in [5.41, 5.74) is 6.53. The van der Waals surface area contributed by atoms with Crippen molar-refractivity contribution in [3.8, 4) is 5.69 Å². The molecule has 1 aliphatic rings. The van der Waals surface area contributed by atoms with Gasteiger partial charge < -0.3 is 5.73 Å². The van der Waals surface area contributed by atoms with Crippen LogP contribution in [0.1, 0.15) is 19.3 Å². The molecule has 1 aliphatic carbocycles. The van der Waals surface area contributed by atoms with E-state index in [0.717, 1.165) is 24.9 Å². The molecule has 6 nitrogen and oxygen atoms in total. The van der Waals surface area contributed by atoms with Gasteiger partial charge in [0.05, 0.1) is 18.1 Å². The third-order valence-electron chi connectivity index (χ3n) is 4.16. The van der Waals surface area contributed by atoms with Crippen LogP contribution in [0.15, 0.2) is 47.6 Å². The van der Waals surface area contributed by atoms with Gasteiger partial charge in [-0.05, 0) is 37.4 Å². The summed E-state index contributed by atoms with van der Waals surface area (Å²) in [5, 5.41) is 4.14. The van der Waals surface area contributed by atoms with Crippen molar-refractivity contribution in [3.63, 3.8) is 0 Å². The lowest BCUT2D eigenvalue weighted by atomic mass is 10.1. The molecule has 2 unspecified atom stereocenters. The van der Waals surface area contributed by atoms with E-state index in [2.05, 4.69) is 9.82 Å². The highest BCUT2D eigenvalue weighted by Gasteiger charge is 2.30. The van der Waals surface area contributed by atoms with Crippen molar-refractivity contribution in [1.29, 1.82) is 0 Å². The summed E-state index contributed by atoms with van der Waals surface area (Å²) in [5.74, 6) is 0.221. The van der Waals surface area contributed by atoms with Crippen LogP contribution < -0.4 is 10.5 Å². The molecule has 23 heavy (non-hydrogen) atoms. The van der Waals surface area contributed by atoms with Crippen molar-refractivity contribution in [3.05, 3.63) is 42.7 Å². The third-order valence-corrected chi connectivity index (χ3v) is 5.60. The Balaban J connectivity index is 0.00000192. The Bertz CT molecular complexity index is 733. The van der Waals surface area contributed by atoms with E-state index in [9.17, 15) is 8.42 Å². The van der Waals surface area contributed by atoms with Crippen molar-refractivity contribution in [1.82, 2.24) is 14.5 Å². The van der Waals surface area contributed by atoms with Crippen LogP contribution in [0.5, 0.6) is 0 Å². The molecule has 126 valence electrons. The first-order chi connectivity index (χ1) is 10.6. The van der Waals surface area contributed by atoms with Crippen molar-refractivity contribution in [2.45, 2.75) is 30.2 Å². The lowest BCUT2D eigenvalue weighted by Crippen LogP contribution is -2.39. The normalized spacial score (nSPS) is 21.1. The van der Waals surface area contributed by atoms with Gasteiger partial charge in [0.25, 0.3) is 0 Å². The molecule has 1 fully saturated rings. The van der Waals surface area contributed by atoms with E-state index in [1.807, 2.05) is 30.3 Å². The fraction of sp³-hybridized carbons (Fsp3) is 0.400.